The second-order valence-corrected chi connectivity index (χ2v) is 5.85. The van der Waals surface area contributed by atoms with Gasteiger partial charge in [-0.05, 0) is 12.5 Å². The monoisotopic (exact) mass is 352 g/mol. The van der Waals surface area contributed by atoms with Crippen LogP contribution >= 0.6 is 36.2 Å². The molecule has 2 aromatic carbocycles. The molecule has 2 N–H and O–H groups in total. The lowest BCUT2D eigenvalue weighted by Crippen LogP contribution is -1.98. The largest absolute Gasteiger partial charge is 0.326 e. The summed E-state index contributed by atoms with van der Waals surface area (Å²) in [6.45, 7) is 2.66. The Balaban J connectivity index is 0.00000121. The van der Waals surface area contributed by atoms with E-state index < -0.39 is 0 Å². The summed E-state index contributed by atoms with van der Waals surface area (Å²) in [5.41, 5.74) is 10.3. The highest BCUT2D eigenvalue weighted by Crippen LogP contribution is 2.34. The molecule has 3 aromatic rings. The van der Waals surface area contributed by atoms with Gasteiger partial charge < -0.3 is 5.73 Å². The number of hydrogen-bond acceptors (Lipinski definition) is 3. The molecule has 2 nitrogen and oxygen atoms in total. The highest BCUT2D eigenvalue weighted by Gasteiger charge is 2.12. The molecule has 0 amide bonds. The maximum Gasteiger partial charge on any atom is 0.124 e. The number of nitrogens with two attached hydrogens (primary N) is 1. The third-order valence-corrected chi connectivity index (χ3v) is 4.32. The first kappa shape index (κ1) is 18.7. The van der Waals surface area contributed by atoms with E-state index in [2.05, 4.69) is 31.2 Å². The Labute approximate surface area is 147 Å². The number of aryl methyl sites for hydroxylation is 1. The highest BCUT2D eigenvalue weighted by atomic mass is 35.5. The zero-order valence-electron chi connectivity index (χ0n) is 12.2. The van der Waals surface area contributed by atoms with Crippen molar-refractivity contribution < 1.29 is 0 Å². The Morgan fingerprint density at radius 3 is 2.27 bits per heavy atom. The summed E-state index contributed by atoms with van der Waals surface area (Å²) in [6.07, 6.45) is 0. The van der Waals surface area contributed by atoms with Crippen molar-refractivity contribution in [2.24, 2.45) is 5.73 Å². The van der Waals surface area contributed by atoms with Crippen LogP contribution < -0.4 is 5.73 Å². The molecule has 0 aliphatic heterocycles. The number of hydrogen-bond donors (Lipinski definition) is 1. The molecule has 1 aromatic heterocycles. The Morgan fingerprint density at radius 1 is 0.955 bits per heavy atom. The summed E-state index contributed by atoms with van der Waals surface area (Å²) in [5, 5.41) is 1.04. The summed E-state index contributed by atoms with van der Waals surface area (Å²) >= 11 is 1.73. The molecule has 0 saturated carbocycles. The average Bonchev–Trinajstić information content (AvgIpc) is 2.90. The molecular weight excluding hydrogens is 335 g/mol. The summed E-state index contributed by atoms with van der Waals surface area (Å²) in [4.78, 5) is 6.06. The second kappa shape index (κ2) is 8.30. The fourth-order valence-electron chi connectivity index (χ4n) is 2.28. The quantitative estimate of drug-likeness (QED) is 0.712. The molecule has 0 aliphatic carbocycles. The fraction of sp³-hybridized carbons (Fsp3) is 0.118. The first-order chi connectivity index (χ1) is 9.79. The van der Waals surface area contributed by atoms with Gasteiger partial charge in [0.1, 0.15) is 5.01 Å². The summed E-state index contributed by atoms with van der Waals surface area (Å²) in [7, 11) is 0. The van der Waals surface area contributed by atoms with Gasteiger partial charge in [0.25, 0.3) is 0 Å². The lowest BCUT2D eigenvalue weighted by Gasteiger charge is -2.03. The predicted molar refractivity (Wildman–Crippen MR) is 100 cm³/mol. The van der Waals surface area contributed by atoms with Gasteiger partial charge in [0.05, 0.1) is 5.69 Å². The zero-order chi connectivity index (χ0) is 13.9. The van der Waals surface area contributed by atoms with E-state index in [1.165, 1.54) is 4.88 Å². The molecule has 0 spiro atoms. The topological polar surface area (TPSA) is 38.9 Å². The molecule has 0 bridgehead atoms. The van der Waals surface area contributed by atoms with Gasteiger partial charge in [0.2, 0.25) is 0 Å². The fourth-order valence-corrected chi connectivity index (χ4v) is 3.28. The van der Waals surface area contributed by atoms with Crippen LogP contribution in [0.4, 0.5) is 0 Å². The van der Waals surface area contributed by atoms with Crippen LogP contribution in [0.3, 0.4) is 0 Å². The van der Waals surface area contributed by atoms with E-state index in [9.17, 15) is 0 Å². The normalized spacial score (nSPS) is 9.73. The second-order valence-electron chi connectivity index (χ2n) is 4.65. The van der Waals surface area contributed by atoms with Gasteiger partial charge in [0, 0.05) is 22.5 Å². The van der Waals surface area contributed by atoms with Crippen LogP contribution in [0.25, 0.3) is 21.8 Å². The van der Waals surface area contributed by atoms with Gasteiger partial charge in [-0.3, -0.25) is 0 Å². The van der Waals surface area contributed by atoms with E-state index in [0.717, 1.165) is 27.4 Å². The van der Waals surface area contributed by atoms with Crippen molar-refractivity contribution in [3.05, 3.63) is 65.0 Å². The minimum atomic E-state index is 0. The molecule has 116 valence electrons. The van der Waals surface area contributed by atoms with Crippen LogP contribution in [-0.2, 0) is 6.54 Å². The van der Waals surface area contributed by atoms with Gasteiger partial charge >= 0.3 is 0 Å². The standard InChI is InChI=1S/C17H16N2S.2ClH/c1-12-16(13-7-3-2-4-8-13)19-17(20-12)15-10-6-5-9-14(15)11-18;;/h2-10H,11,18H2,1H3;2*1H. The molecule has 3 rings (SSSR count). The molecular formula is C17H18Cl2N2S. The minimum Gasteiger partial charge on any atom is -0.326 e. The molecule has 5 heteroatoms. The van der Waals surface area contributed by atoms with E-state index in [-0.39, 0.29) is 24.8 Å². The first-order valence-corrected chi connectivity index (χ1v) is 7.42. The average molecular weight is 353 g/mol. The summed E-state index contributed by atoms with van der Waals surface area (Å²) in [5.74, 6) is 0. The molecule has 0 fully saturated rings. The lowest BCUT2D eigenvalue weighted by molar-refractivity contribution is 1.07. The number of halogens is 2. The van der Waals surface area contributed by atoms with E-state index >= 15 is 0 Å². The van der Waals surface area contributed by atoms with Gasteiger partial charge in [-0.1, -0.05) is 54.6 Å². The van der Waals surface area contributed by atoms with Crippen molar-refractivity contribution in [1.82, 2.24) is 4.98 Å². The number of nitrogens with zero attached hydrogens (tertiary/aromatic N) is 1. The third kappa shape index (κ3) is 3.68. The highest BCUT2D eigenvalue weighted by molar-refractivity contribution is 7.15. The van der Waals surface area contributed by atoms with Crippen LogP contribution in [0.5, 0.6) is 0 Å². The lowest BCUT2D eigenvalue weighted by atomic mass is 10.1. The number of rotatable bonds is 3. The van der Waals surface area contributed by atoms with Gasteiger partial charge in [0.15, 0.2) is 0 Å². The summed E-state index contributed by atoms with van der Waals surface area (Å²) in [6, 6.07) is 18.5. The van der Waals surface area contributed by atoms with E-state index in [4.69, 9.17) is 10.7 Å². The Kier molecular flexibility index (Phi) is 7.04. The maximum atomic E-state index is 5.82. The van der Waals surface area contributed by atoms with Crippen molar-refractivity contribution >= 4 is 36.2 Å². The van der Waals surface area contributed by atoms with Crippen LogP contribution in [0.15, 0.2) is 54.6 Å². The third-order valence-electron chi connectivity index (χ3n) is 3.31. The molecule has 0 radical (unpaired) electrons. The molecule has 0 saturated heterocycles. The number of benzene rings is 2. The van der Waals surface area contributed by atoms with Crippen LogP contribution in [0.2, 0.25) is 0 Å². The van der Waals surface area contributed by atoms with Crippen molar-refractivity contribution in [3.63, 3.8) is 0 Å². The summed E-state index contributed by atoms with van der Waals surface area (Å²) < 4.78 is 0. The Bertz CT molecular complexity index is 727. The van der Waals surface area contributed by atoms with Crippen molar-refractivity contribution in [2.75, 3.05) is 0 Å². The SMILES string of the molecule is Cc1sc(-c2ccccc2CN)nc1-c1ccccc1.Cl.Cl. The molecule has 0 atom stereocenters. The van der Waals surface area contributed by atoms with Crippen LogP contribution in [-0.4, -0.2) is 4.98 Å². The van der Waals surface area contributed by atoms with Crippen molar-refractivity contribution in [3.8, 4) is 21.8 Å². The van der Waals surface area contributed by atoms with Crippen molar-refractivity contribution in [2.45, 2.75) is 13.5 Å². The predicted octanol–water partition coefficient (Wildman–Crippen LogP) is 5.09. The zero-order valence-corrected chi connectivity index (χ0v) is 14.6. The first-order valence-electron chi connectivity index (χ1n) is 6.61. The van der Waals surface area contributed by atoms with E-state index in [0.29, 0.717) is 6.54 Å². The van der Waals surface area contributed by atoms with Gasteiger partial charge in [-0.15, -0.1) is 36.2 Å². The van der Waals surface area contributed by atoms with Crippen LogP contribution in [0.1, 0.15) is 10.4 Å². The molecule has 0 aliphatic rings. The van der Waals surface area contributed by atoms with Crippen molar-refractivity contribution in [1.29, 1.82) is 0 Å². The van der Waals surface area contributed by atoms with E-state index in [1.807, 2.05) is 30.3 Å². The molecule has 0 unspecified atom stereocenters. The van der Waals surface area contributed by atoms with Gasteiger partial charge in [-0.2, -0.15) is 0 Å². The van der Waals surface area contributed by atoms with E-state index in [1.54, 1.807) is 11.3 Å². The maximum absolute atomic E-state index is 5.82. The molecule has 22 heavy (non-hydrogen) atoms. The van der Waals surface area contributed by atoms with Crippen LogP contribution in [0, 0.1) is 6.92 Å². The Morgan fingerprint density at radius 2 is 1.59 bits per heavy atom. The smallest absolute Gasteiger partial charge is 0.124 e. The number of aromatic nitrogens is 1. The van der Waals surface area contributed by atoms with Gasteiger partial charge in [-0.25, -0.2) is 4.98 Å². The Hall–Kier alpha value is -1.39. The molecule has 1 heterocycles. The number of thiazole rings is 1. The minimum absolute atomic E-state index is 0.